The SMILES string of the molecule is Cc1cc(C#CCC#N)cc(Cl)c1O. The Bertz CT molecular complexity index is 426. The summed E-state index contributed by atoms with van der Waals surface area (Å²) < 4.78 is 0. The van der Waals surface area contributed by atoms with Crippen molar-refractivity contribution >= 4 is 11.6 Å². The molecule has 0 aliphatic heterocycles. The maximum Gasteiger partial charge on any atom is 0.137 e. The Labute approximate surface area is 87.7 Å². The predicted molar refractivity (Wildman–Crippen MR) is 55.0 cm³/mol. The first-order valence-electron chi connectivity index (χ1n) is 4.00. The number of phenols is 1. The van der Waals surface area contributed by atoms with E-state index < -0.39 is 0 Å². The number of benzene rings is 1. The molecular formula is C11H8ClNO. The fraction of sp³-hybridized carbons (Fsp3) is 0.182. The van der Waals surface area contributed by atoms with Crippen molar-refractivity contribution in [3.63, 3.8) is 0 Å². The van der Waals surface area contributed by atoms with Crippen LogP contribution in [0.25, 0.3) is 0 Å². The molecule has 0 unspecified atom stereocenters. The topological polar surface area (TPSA) is 44.0 Å². The van der Waals surface area contributed by atoms with E-state index in [9.17, 15) is 5.11 Å². The average Bonchev–Trinajstić information content (AvgIpc) is 2.14. The molecule has 0 radical (unpaired) electrons. The van der Waals surface area contributed by atoms with Gasteiger partial charge in [0.2, 0.25) is 0 Å². The standard InChI is InChI=1S/C11H8ClNO/c1-8-6-9(4-2-3-5-13)7-10(12)11(8)14/h6-7,14H,3H2,1H3. The van der Waals surface area contributed by atoms with Crippen molar-refractivity contribution in [1.29, 1.82) is 5.26 Å². The third-order valence-electron chi connectivity index (χ3n) is 1.65. The number of nitrogens with zero attached hydrogens (tertiary/aromatic N) is 1. The largest absolute Gasteiger partial charge is 0.506 e. The van der Waals surface area contributed by atoms with Crippen molar-refractivity contribution < 1.29 is 5.11 Å². The molecule has 0 aliphatic carbocycles. The highest BCUT2D eigenvalue weighted by molar-refractivity contribution is 6.32. The summed E-state index contributed by atoms with van der Waals surface area (Å²) in [6.45, 7) is 1.75. The molecular weight excluding hydrogens is 198 g/mol. The van der Waals surface area contributed by atoms with Gasteiger partial charge >= 0.3 is 0 Å². The van der Waals surface area contributed by atoms with Crippen LogP contribution in [-0.4, -0.2) is 5.11 Å². The summed E-state index contributed by atoms with van der Waals surface area (Å²) in [5.74, 6) is 5.54. The van der Waals surface area contributed by atoms with Crippen molar-refractivity contribution in [2.75, 3.05) is 0 Å². The molecule has 0 fully saturated rings. The molecule has 0 spiro atoms. The first-order chi connectivity index (χ1) is 6.65. The minimum Gasteiger partial charge on any atom is -0.506 e. The van der Waals surface area contributed by atoms with Gasteiger partial charge in [0.15, 0.2) is 0 Å². The van der Waals surface area contributed by atoms with Crippen LogP contribution >= 0.6 is 11.6 Å². The summed E-state index contributed by atoms with van der Waals surface area (Å²) in [6, 6.07) is 5.23. The number of phenolic OH excluding ortho intramolecular Hbond substituents is 1. The molecule has 14 heavy (non-hydrogen) atoms. The first-order valence-corrected chi connectivity index (χ1v) is 4.38. The maximum absolute atomic E-state index is 9.37. The van der Waals surface area contributed by atoms with Crippen LogP contribution in [0, 0.1) is 30.1 Å². The van der Waals surface area contributed by atoms with Crippen LogP contribution in [0.15, 0.2) is 12.1 Å². The second-order valence-electron chi connectivity index (χ2n) is 2.76. The van der Waals surface area contributed by atoms with Gasteiger partial charge in [-0.15, -0.1) is 0 Å². The lowest BCUT2D eigenvalue weighted by atomic mass is 10.1. The molecule has 70 valence electrons. The van der Waals surface area contributed by atoms with Gasteiger partial charge in [-0.05, 0) is 24.6 Å². The van der Waals surface area contributed by atoms with Gasteiger partial charge in [0.25, 0.3) is 0 Å². The molecule has 0 bridgehead atoms. The lowest BCUT2D eigenvalue weighted by molar-refractivity contribution is 0.471. The van der Waals surface area contributed by atoms with E-state index in [0.29, 0.717) is 11.1 Å². The van der Waals surface area contributed by atoms with Gasteiger partial charge in [-0.1, -0.05) is 23.4 Å². The van der Waals surface area contributed by atoms with E-state index in [4.69, 9.17) is 16.9 Å². The quantitative estimate of drug-likeness (QED) is 0.662. The van der Waals surface area contributed by atoms with E-state index in [-0.39, 0.29) is 17.2 Å². The van der Waals surface area contributed by atoms with Crippen LogP contribution in [-0.2, 0) is 0 Å². The number of rotatable bonds is 0. The molecule has 1 N–H and O–H groups in total. The van der Waals surface area contributed by atoms with Crippen molar-refractivity contribution in [3.8, 4) is 23.7 Å². The van der Waals surface area contributed by atoms with Crippen LogP contribution in [0.3, 0.4) is 0 Å². The molecule has 0 atom stereocenters. The fourth-order valence-electron chi connectivity index (χ4n) is 0.994. The fourth-order valence-corrected chi connectivity index (χ4v) is 1.26. The highest BCUT2D eigenvalue weighted by Crippen LogP contribution is 2.27. The van der Waals surface area contributed by atoms with Crippen LogP contribution in [0.4, 0.5) is 0 Å². The Morgan fingerprint density at radius 2 is 2.21 bits per heavy atom. The van der Waals surface area contributed by atoms with E-state index in [1.165, 1.54) is 0 Å². The zero-order valence-corrected chi connectivity index (χ0v) is 8.39. The molecule has 0 aliphatic rings. The minimum absolute atomic E-state index is 0.0810. The van der Waals surface area contributed by atoms with Gasteiger partial charge in [-0.3, -0.25) is 0 Å². The zero-order chi connectivity index (χ0) is 10.6. The predicted octanol–water partition coefficient (Wildman–Crippen LogP) is 2.62. The molecule has 0 aromatic heterocycles. The normalized spacial score (nSPS) is 8.64. The van der Waals surface area contributed by atoms with Crippen LogP contribution in [0.1, 0.15) is 17.5 Å². The Hall–Kier alpha value is -1.64. The van der Waals surface area contributed by atoms with Gasteiger partial charge in [0.1, 0.15) is 5.75 Å². The Morgan fingerprint density at radius 1 is 1.50 bits per heavy atom. The van der Waals surface area contributed by atoms with Crippen molar-refractivity contribution in [3.05, 3.63) is 28.3 Å². The molecule has 0 saturated heterocycles. The Balaban J connectivity index is 3.04. The molecule has 0 saturated carbocycles. The van der Waals surface area contributed by atoms with E-state index in [1.54, 1.807) is 19.1 Å². The van der Waals surface area contributed by atoms with Crippen molar-refractivity contribution in [2.24, 2.45) is 0 Å². The molecule has 3 heteroatoms. The lowest BCUT2D eigenvalue weighted by Crippen LogP contribution is -1.80. The number of hydrogen-bond donors (Lipinski definition) is 1. The second kappa shape index (κ2) is 4.56. The number of halogens is 1. The van der Waals surface area contributed by atoms with Gasteiger partial charge in [0.05, 0.1) is 17.5 Å². The number of aryl methyl sites for hydroxylation is 1. The van der Waals surface area contributed by atoms with Gasteiger partial charge in [0, 0.05) is 5.56 Å². The summed E-state index contributed by atoms with van der Waals surface area (Å²) in [6.07, 6.45) is 0.192. The Morgan fingerprint density at radius 3 is 2.79 bits per heavy atom. The number of nitriles is 1. The van der Waals surface area contributed by atoms with Crippen molar-refractivity contribution in [1.82, 2.24) is 0 Å². The zero-order valence-electron chi connectivity index (χ0n) is 7.63. The summed E-state index contributed by atoms with van der Waals surface area (Å²) in [5.41, 5.74) is 1.39. The van der Waals surface area contributed by atoms with E-state index in [2.05, 4.69) is 11.8 Å². The summed E-state index contributed by atoms with van der Waals surface area (Å²) >= 11 is 5.75. The molecule has 1 rings (SSSR count). The van der Waals surface area contributed by atoms with Gasteiger partial charge in [-0.2, -0.15) is 5.26 Å². The average molecular weight is 206 g/mol. The summed E-state index contributed by atoms with van der Waals surface area (Å²) in [5, 5.41) is 17.9. The molecule has 1 aromatic rings. The number of aromatic hydroxyl groups is 1. The highest BCUT2D eigenvalue weighted by atomic mass is 35.5. The second-order valence-corrected chi connectivity index (χ2v) is 3.17. The van der Waals surface area contributed by atoms with Gasteiger partial charge in [-0.25, -0.2) is 0 Å². The first kappa shape index (κ1) is 10.4. The highest BCUT2D eigenvalue weighted by Gasteiger charge is 2.02. The van der Waals surface area contributed by atoms with Crippen LogP contribution in [0.5, 0.6) is 5.75 Å². The molecule has 0 amide bonds. The van der Waals surface area contributed by atoms with Crippen molar-refractivity contribution in [2.45, 2.75) is 13.3 Å². The maximum atomic E-state index is 9.37. The molecule has 2 nitrogen and oxygen atoms in total. The summed E-state index contributed by atoms with van der Waals surface area (Å²) in [7, 11) is 0. The van der Waals surface area contributed by atoms with Gasteiger partial charge < -0.3 is 5.11 Å². The molecule has 0 heterocycles. The molecule has 1 aromatic carbocycles. The van der Waals surface area contributed by atoms with E-state index in [0.717, 1.165) is 0 Å². The third-order valence-corrected chi connectivity index (χ3v) is 1.94. The number of hydrogen-bond acceptors (Lipinski definition) is 2. The monoisotopic (exact) mass is 205 g/mol. The summed E-state index contributed by atoms with van der Waals surface area (Å²) in [4.78, 5) is 0. The minimum atomic E-state index is 0.0810. The van der Waals surface area contributed by atoms with Crippen LogP contribution in [0.2, 0.25) is 5.02 Å². The van der Waals surface area contributed by atoms with Crippen LogP contribution < -0.4 is 0 Å². The Kier molecular flexibility index (Phi) is 3.40. The lowest BCUT2D eigenvalue weighted by Gasteiger charge is -2.01. The van der Waals surface area contributed by atoms with E-state index in [1.807, 2.05) is 6.07 Å². The third kappa shape index (κ3) is 2.42. The smallest absolute Gasteiger partial charge is 0.137 e. The van der Waals surface area contributed by atoms with E-state index >= 15 is 0 Å².